The van der Waals surface area contributed by atoms with Crippen molar-refractivity contribution in [1.82, 2.24) is 0 Å². The molecule has 150 valence electrons. The lowest BCUT2D eigenvalue weighted by Crippen LogP contribution is -2.19. The van der Waals surface area contributed by atoms with Crippen molar-refractivity contribution in [1.29, 1.82) is 0 Å². The van der Waals surface area contributed by atoms with Crippen LogP contribution in [0.2, 0.25) is 0 Å². The molecular formula is C17H15F3N2O6. The van der Waals surface area contributed by atoms with E-state index in [4.69, 9.17) is 9.47 Å². The summed E-state index contributed by atoms with van der Waals surface area (Å²) in [6.07, 6.45) is -4.62. The number of alkyl halides is 3. The van der Waals surface area contributed by atoms with Crippen LogP contribution < -0.4 is 19.5 Å². The zero-order chi connectivity index (χ0) is 20.9. The summed E-state index contributed by atoms with van der Waals surface area (Å²) in [5.41, 5.74) is -0.611. The number of methoxy groups -OCH3 is 2. The van der Waals surface area contributed by atoms with E-state index in [1.807, 2.05) is 0 Å². The number of rotatable bonds is 7. The zero-order valence-electron chi connectivity index (χ0n) is 14.7. The number of ether oxygens (including phenoxy) is 3. The molecule has 0 aromatic heterocycles. The fraction of sp³-hybridized carbons (Fsp3) is 0.235. The van der Waals surface area contributed by atoms with Crippen LogP contribution >= 0.6 is 0 Å². The minimum atomic E-state index is -4.62. The van der Waals surface area contributed by atoms with Gasteiger partial charge >= 0.3 is 6.18 Å². The number of carbonyl (C=O) groups is 1. The Kier molecular flexibility index (Phi) is 6.29. The fourth-order valence-electron chi connectivity index (χ4n) is 2.27. The highest BCUT2D eigenvalue weighted by Crippen LogP contribution is 2.32. The lowest BCUT2D eigenvalue weighted by Gasteiger charge is -2.13. The van der Waals surface area contributed by atoms with E-state index in [0.29, 0.717) is 0 Å². The van der Waals surface area contributed by atoms with Crippen LogP contribution in [0, 0.1) is 10.1 Å². The molecule has 11 heteroatoms. The van der Waals surface area contributed by atoms with Crippen molar-refractivity contribution in [3.8, 4) is 17.2 Å². The van der Waals surface area contributed by atoms with Gasteiger partial charge in [0.1, 0.15) is 5.75 Å². The Hall–Kier alpha value is -3.50. The second-order valence-electron chi connectivity index (χ2n) is 5.37. The molecule has 2 rings (SSSR count). The summed E-state index contributed by atoms with van der Waals surface area (Å²) >= 11 is 0. The van der Waals surface area contributed by atoms with Crippen LogP contribution in [0.25, 0.3) is 0 Å². The molecule has 0 aliphatic rings. The van der Waals surface area contributed by atoms with Crippen LogP contribution in [0.4, 0.5) is 24.5 Å². The lowest BCUT2D eigenvalue weighted by atomic mass is 10.1. The first-order chi connectivity index (χ1) is 13.1. The number of amides is 1. The van der Waals surface area contributed by atoms with Crippen molar-refractivity contribution in [2.45, 2.75) is 6.18 Å². The number of carbonyl (C=O) groups excluding carboxylic acids is 1. The van der Waals surface area contributed by atoms with E-state index in [-0.39, 0.29) is 22.7 Å². The van der Waals surface area contributed by atoms with E-state index in [1.54, 1.807) is 6.07 Å². The first kappa shape index (κ1) is 20.8. The van der Waals surface area contributed by atoms with Gasteiger partial charge in [-0.05, 0) is 12.1 Å². The van der Waals surface area contributed by atoms with E-state index >= 15 is 0 Å². The number of halogens is 3. The number of hydrogen-bond acceptors (Lipinski definition) is 6. The van der Waals surface area contributed by atoms with Gasteiger partial charge in [-0.1, -0.05) is 6.07 Å². The molecule has 0 bridgehead atoms. The van der Waals surface area contributed by atoms with Gasteiger partial charge in [-0.15, -0.1) is 0 Å². The van der Waals surface area contributed by atoms with Gasteiger partial charge in [0, 0.05) is 12.1 Å². The van der Waals surface area contributed by atoms with E-state index in [1.165, 1.54) is 26.4 Å². The largest absolute Gasteiger partial charge is 0.493 e. The summed E-state index contributed by atoms with van der Waals surface area (Å²) in [7, 11) is 2.70. The number of nitro benzene ring substituents is 1. The van der Waals surface area contributed by atoms with Crippen molar-refractivity contribution < 1.29 is 37.1 Å². The summed E-state index contributed by atoms with van der Waals surface area (Å²) in [6.45, 7) is -1.63. The molecule has 2 aromatic rings. The average Bonchev–Trinajstić information content (AvgIpc) is 2.64. The van der Waals surface area contributed by atoms with Crippen molar-refractivity contribution in [2.75, 3.05) is 26.1 Å². The van der Waals surface area contributed by atoms with Crippen molar-refractivity contribution in [3.05, 3.63) is 52.1 Å². The number of benzene rings is 2. The van der Waals surface area contributed by atoms with Crippen LogP contribution in [0.1, 0.15) is 10.4 Å². The van der Waals surface area contributed by atoms with Crippen LogP contribution in [-0.4, -0.2) is 37.8 Å². The molecular weight excluding hydrogens is 385 g/mol. The SMILES string of the molecule is COc1cccc(C(=O)Nc2cc(OCC(F)(F)F)cc([N+](=O)[O-])c2)c1OC. The molecule has 0 spiro atoms. The second kappa shape index (κ2) is 8.46. The number of anilines is 1. The van der Waals surface area contributed by atoms with E-state index in [0.717, 1.165) is 18.2 Å². The highest BCUT2D eigenvalue weighted by atomic mass is 19.4. The maximum atomic E-state index is 12.5. The number of para-hydroxylation sites is 1. The van der Waals surface area contributed by atoms with E-state index in [9.17, 15) is 28.1 Å². The molecule has 0 saturated carbocycles. The van der Waals surface area contributed by atoms with E-state index < -0.39 is 35.1 Å². The predicted molar refractivity (Wildman–Crippen MR) is 92.1 cm³/mol. The highest BCUT2D eigenvalue weighted by molar-refractivity contribution is 6.07. The molecule has 0 unspecified atom stereocenters. The molecule has 0 aliphatic heterocycles. The molecule has 0 saturated heterocycles. The Bertz CT molecular complexity index is 886. The quantitative estimate of drug-likeness (QED) is 0.561. The number of nitrogens with zero attached hydrogens (tertiary/aromatic N) is 1. The summed E-state index contributed by atoms with van der Waals surface area (Å²) < 4.78 is 51.8. The standard InChI is InChI=1S/C17H15F3N2O6/c1-26-14-5-3-4-13(15(14)27-2)16(23)21-10-6-11(22(24)25)8-12(7-10)28-9-17(18,19)20/h3-8H,9H2,1-2H3,(H,21,23). The molecule has 0 aliphatic carbocycles. The Balaban J connectivity index is 2.33. The molecule has 0 fully saturated rings. The van der Waals surface area contributed by atoms with Crippen molar-refractivity contribution in [3.63, 3.8) is 0 Å². The van der Waals surface area contributed by atoms with Gasteiger partial charge < -0.3 is 19.5 Å². The topological polar surface area (TPSA) is 99.9 Å². The maximum absolute atomic E-state index is 12.5. The first-order valence-corrected chi connectivity index (χ1v) is 7.66. The van der Waals surface area contributed by atoms with Gasteiger partial charge in [0.2, 0.25) is 0 Å². The molecule has 2 aromatic carbocycles. The summed E-state index contributed by atoms with van der Waals surface area (Å²) in [5.74, 6) is -0.720. The van der Waals surface area contributed by atoms with Gasteiger partial charge in [0.25, 0.3) is 11.6 Å². The Labute approximate surface area is 157 Å². The number of nitrogens with one attached hydrogen (secondary N) is 1. The summed E-state index contributed by atoms with van der Waals surface area (Å²) in [4.78, 5) is 22.7. The van der Waals surface area contributed by atoms with Crippen LogP contribution in [0.3, 0.4) is 0 Å². The highest BCUT2D eigenvalue weighted by Gasteiger charge is 2.29. The lowest BCUT2D eigenvalue weighted by molar-refractivity contribution is -0.384. The fourth-order valence-corrected chi connectivity index (χ4v) is 2.27. The number of nitro groups is 1. The number of non-ortho nitro benzene ring substituents is 1. The zero-order valence-corrected chi connectivity index (χ0v) is 14.7. The van der Waals surface area contributed by atoms with Gasteiger partial charge in [-0.3, -0.25) is 14.9 Å². The van der Waals surface area contributed by atoms with Gasteiger partial charge in [-0.25, -0.2) is 0 Å². The molecule has 8 nitrogen and oxygen atoms in total. The van der Waals surface area contributed by atoms with Crippen molar-refractivity contribution in [2.24, 2.45) is 0 Å². The maximum Gasteiger partial charge on any atom is 0.422 e. The summed E-state index contributed by atoms with van der Waals surface area (Å²) in [5, 5.41) is 13.4. The third-order valence-electron chi connectivity index (χ3n) is 3.41. The minimum Gasteiger partial charge on any atom is -0.493 e. The molecule has 0 heterocycles. The molecule has 1 amide bonds. The van der Waals surface area contributed by atoms with Gasteiger partial charge in [0.05, 0.1) is 36.5 Å². The van der Waals surface area contributed by atoms with Crippen LogP contribution in [0.15, 0.2) is 36.4 Å². The van der Waals surface area contributed by atoms with Crippen molar-refractivity contribution >= 4 is 17.3 Å². The second-order valence-corrected chi connectivity index (χ2v) is 5.37. The first-order valence-electron chi connectivity index (χ1n) is 7.66. The molecule has 1 N–H and O–H groups in total. The number of hydrogen-bond donors (Lipinski definition) is 1. The Morgan fingerprint density at radius 1 is 1.18 bits per heavy atom. The van der Waals surface area contributed by atoms with Gasteiger partial charge in [-0.2, -0.15) is 13.2 Å². The molecule has 28 heavy (non-hydrogen) atoms. The van der Waals surface area contributed by atoms with Crippen LogP contribution in [-0.2, 0) is 0 Å². The molecule has 0 atom stereocenters. The minimum absolute atomic E-state index is 0.0612. The predicted octanol–water partition coefficient (Wildman–Crippen LogP) is 3.81. The Morgan fingerprint density at radius 3 is 2.46 bits per heavy atom. The third-order valence-corrected chi connectivity index (χ3v) is 3.41. The van der Waals surface area contributed by atoms with Crippen LogP contribution in [0.5, 0.6) is 17.2 Å². The normalized spacial score (nSPS) is 10.9. The smallest absolute Gasteiger partial charge is 0.422 e. The summed E-state index contributed by atoms with van der Waals surface area (Å²) in [6, 6.07) is 7.38. The van der Waals surface area contributed by atoms with Gasteiger partial charge in [0.15, 0.2) is 18.1 Å². The average molecular weight is 400 g/mol. The monoisotopic (exact) mass is 400 g/mol. The third kappa shape index (κ3) is 5.25. The van der Waals surface area contributed by atoms with E-state index in [2.05, 4.69) is 10.1 Å². The Morgan fingerprint density at radius 2 is 1.89 bits per heavy atom. The molecule has 0 radical (unpaired) electrons.